The minimum Gasteiger partial charge on any atom is -0.468 e. The first kappa shape index (κ1) is 33.5. The fraction of sp³-hybridized carbons (Fsp3) is 0.600. The standard InChI is InChI=1S/C35H42FNO10/c1-31(2)46-28-16-24-23-11-8-20-15-21(38)12-13-32(20,3)34(23,36)26(39)17-33(24,4)35(28,47-31)27(40)18-44-30(42)45-22-9-6-19(7-10-22)14-25(37)29(41)43-5/h6-7,9-10,12-13,15,23-26,28,39H,8,11,14,16-18,37H2,1-5H3/t23-,24-,25-,26-,28+,32-,33-,34-,35+/m0/s1. The number of alkyl halides is 1. The Bertz CT molecular complexity index is 1560. The molecule has 0 unspecified atom stereocenters. The molecule has 1 aromatic carbocycles. The number of nitrogens with two attached hydrogens (primary N) is 1. The summed E-state index contributed by atoms with van der Waals surface area (Å²) in [5, 5.41) is 11.7. The summed E-state index contributed by atoms with van der Waals surface area (Å²) in [5.74, 6) is -3.39. The third-order valence-corrected chi connectivity index (χ3v) is 11.5. The summed E-state index contributed by atoms with van der Waals surface area (Å²) in [7, 11) is 1.25. The number of fused-ring (bicyclic) bond motifs is 7. The lowest BCUT2D eigenvalue weighted by Gasteiger charge is -2.62. The van der Waals surface area contributed by atoms with Crippen molar-refractivity contribution >= 4 is 23.7 Å². The number of hydrogen-bond donors (Lipinski definition) is 2. The highest BCUT2D eigenvalue weighted by molar-refractivity contribution is 6.01. The molecule has 0 bridgehead atoms. The van der Waals surface area contributed by atoms with E-state index in [1.807, 2.05) is 6.92 Å². The van der Waals surface area contributed by atoms with Crippen molar-refractivity contribution in [3.8, 4) is 5.75 Å². The number of benzene rings is 1. The van der Waals surface area contributed by atoms with Crippen molar-refractivity contribution in [3.05, 3.63) is 53.6 Å². The van der Waals surface area contributed by atoms with Crippen LogP contribution in [0.1, 0.15) is 58.9 Å². The third-order valence-electron chi connectivity index (χ3n) is 11.5. The van der Waals surface area contributed by atoms with Crippen molar-refractivity contribution in [2.24, 2.45) is 28.4 Å². The van der Waals surface area contributed by atoms with Crippen LogP contribution in [0.3, 0.4) is 0 Å². The Morgan fingerprint density at radius 1 is 1.13 bits per heavy atom. The average Bonchev–Trinajstić information content (AvgIpc) is 3.42. The van der Waals surface area contributed by atoms with E-state index in [0.29, 0.717) is 30.4 Å². The maximum atomic E-state index is 17.6. The monoisotopic (exact) mass is 655 g/mol. The van der Waals surface area contributed by atoms with E-state index in [9.17, 15) is 24.3 Å². The highest BCUT2D eigenvalue weighted by atomic mass is 19.1. The molecule has 12 heteroatoms. The lowest BCUT2D eigenvalue weighted by atomic mass is 9.44. The summed E-state index contributed by atoms with van der Waals surface area (Å²) in [6.07, 6.45) is 2.35. The molecule has 47 heavy (non-hydrogen) atoms. The predicted octanol–water partition coefficient (Wildman–Crippen LogP) is 3.68. The van der Waals surface area contributed by atoms with E-state index in [2.05, 4.69) is 4.74 Å². The molecule has 11 nitrogen and oxygen atoms in total. The van der Waals surface area contributed by atoms with Gasteiger partial charge in [0, 0.05) is 16.7 Å². The van der Waals surface area contributed by atoms with Gasteiger partial charge in [-0.3, -0.25) is 14.4 Å². The minimum atomic E-state index is -2.09. The van der Waals surface area contributed by atoms with Crippen molar-refractivity contribution in [1.29, 1.82) is 0 Å². The molecule has 0 radical (unpaired) electrons. The molecule has 3 N–H and O–H groups in total. The maximum Gasteiger partial charge on any atom is 0.514 e. The van der Waals surface area contributed by atoms with Gasteiger partial charge < -0.3 is 34.5 Å². The quantitative estimate of drug-likeness (QED) is 0.326. The summed E-state index contributed by atoms with van der Waals surface area (Å²) in [6.45, 7) is 6.26. The van der Waals surface area contributed by atoms with Gasteiger partial charge in [-0.25, -0.2) is 9.18 Å². The summed E-state index contributed by atoms with van der Waals surface area (Å²) >= 11 is 0. The number of Topliss-reactive ketones (excluding diaryl/α,β-unsaturated/α-hetero) is 1. The lowest BCUT2D eigenvalue weighted by Crippen LogP contribution is -2.70. The van der Waals surface area contributed by atoms with Gasteiger partial charge in [-0.2, -0.15) is 0 Å². The summed E-state index contributed by atoms with van der Waals surface area (Å²) < 4.78 is 45.5. The number of methoxy groups -OCH3 is 1. The molecular weight excluding hydrogens is 613 g/mol. The Hall–Kier alpha value is -3.45. The highest BCUT2D eigenvalue weighted by Crippen LogP contribution is 2.72. The van der Waals surface area contributed by atoms with E-state index >= 15 is 4.39 Å². The van der Waals surface area contributed by atoms with Crippen LogP contribution >= 0.6 is 0 Å². The number of hydrogen-bond acceptors (Lipinski definition) is 11. The first-order valence-corrected chi connectivity index (χ1v) is 16.0. The smallest absolute Gasteiger partial charge is 0.468 e. The normalized spacial score (nSPS) is 38.6. The number of carbonyl (C=O) groups excluding carboxylic acids is 4. The van der Waals surface area contributed by atoms with Crippen molar-refractivity contribution in [3.63, 3.8) is 0 Å². The number of ketones is 2. The van der Waals surface area contributed by atoms with Crippen molar-refractivity contribution in [2.45, 2.75) is 95.1 Å². The van der Waals surface area contributed by atoms with Crippen LogP contribution in [0.2, 0.25) is 0 Å². The molecule has 0 amide bonds. The number of aliphatic hydroxyl groups is 1. The van der Waals surface area contributed by atoms with Crippen LogP contribution in [0.15, 0.2) is 48.1 Å². The van der Waals surface area contributed by atoms with Gasteiger partial charge in [-0.1, -0.05) is 30.7 Å². The number of aliphatic hydroxyl groups excluding tert-OH is 1. The van der Waals surface area contributed by atoms with Gasteiger partial charge >= 0.3 is 12.1 Å². The van der Waals surface area contributed by atoms with Crippen LogP contribution in [0, 0.1) is 22.7 Å². The largest absolute Gasteiger partial charge is 0.514 e. The van der Waals surface area contributed by atoms with Crippen LogP contribution in [0.4, 0.5) is 9.18 Å². The molecule has 1 aromatic rings. The molecule has 1 aliphatic heterocycles. The first-order valence-electron chi connectivity index (χ1n) is 16.0. The Balaban J connectivity index is 1.20. The number of esters is 1. The number of allylic oxidation sites excluding steroid dienone is 4. The van der Waals surface area contributed by atoms with Gasteiger partial charge in [0.15, 0.2) is 29.4 Å². The Morgan fingerprint density at radius 2 is 1.83 bits per heavy atom. The van der Waals surface area contributed by atoms with Crippen LogP contribution in [-0.2, 0) is 39.8 Å². The molecule has 5 aliphatic rings. The average molecular weight is 656 g/mol. The van der Waals surface area contributed by atoms with Gasteiger partial charge in [0.1, 0.15) is 11.8 Å². The van der Waals surface area contributed by atoms with Crippen LogP contribution in [0.25, 0.3) is 0 Å². The van der Waals surface area contributed by atoms with Gasteiger partial charge in [0.2, 0.25) is 5.78 Å². The second-order valence-corrected chi connectivity index (χ2v) is 14.4. The van der Waals surface area contributed by atoms with E-state index in [1.165, 1.54) is 31.4 Å². The first-order chi connectivity index (χ1) is 22.0. The van der Waals surface area contributed by atoms with Crippen molar-refractivity contribution < 1.29 is 52.4 Å². The molecule has 4 aliphatic carbocycles. The third kappa shape index (κ3) is 4.98. The molecule has 1 saturated heterocycles. The zero-order valence-corrected chi connectivity index (χ0v) is 27.2. The SMILES string of the molecule is COC(=O)[C@@H](N)Cc1ccc(OC(=O)OCC(=O)[C@@]23OC(C)(C)O[C@@H]2C[C@H]2[C@@H]4CCC5=CC(=O)C=C[C@]5(C)[C@@]4(F)[C@@H](O)C[C@@]23C)cc1. The topological polar surface area (TPSA) is 161 Å². The second-order valence-electron chi connectivity index (χ2n) is 14.4. The number of carbonyl (C=O) groups is 4. The zero-order chi connectivity index (χ0) is 34.2. The molecule has 6 rings (SSSR count). The number of halogens is 1. The highest BCUT2D eigenvalue weighted by Gasteiger charge is 2.80. The second kappa shape index (κ2) is 11.3. The summed E-state index contributed by atoms with van der Waals surface area (Å²) in [5.41, 5.74) is 1.22. The van der Waals surface area contributed by atoms with Crippen molar-refractivity contribution in [1.82, 2.24) is 0 Å². The van der Waals surface area contributed by atoms with Crippen LogP contribution in [0.5, 0.6) is 5.75 Å². The Morgan fingerprint density at radius 3 is 2.51 bits per heavy atom. The van der Waals surface area contributed by atoms with Crippen molar-refractivity contribution in [2.75, 3.05) is 13.7 Å². The summed E-state index contributed by atoms with van der Waals surface area (Å²) in [6, 6.07) is 5.44. The molecule has 4 fully saturated rings. The van der Waals surface area contributed by atoms with E-state index in [1.54, 1.807) is 39.0 Å². The molecule has 9 atom stereocenters. The summed E-state index contributed by atoms with van der Waals surface area (Å²) in [4.78, 5) is 50.7. The Kier molecular flexibility index (Phi) is 8.06. The minimum absolute atomic E-state index is 0.104. The lowest BCUT2D eigenvalue weighted by molar-refractivity contribution is -0.246. The van der Waals surface area contributed by atoms with E-state index in [-0.39, 0.29) is 24.4 Å². The maximum absolute atomic E-state index is 17.6. The molecular formula is C35H42FNO10. The van der Waals surface area contributed by atoms with Gasteiger partial charge in [0.25, 0.3) is 0 Å². The molecule has 0 aromatic heterocycles. The van der Waals surface area contributed by atoms with Gasteiger partial charge in [-0.15, -0.1) is 0 Å². The van der Waals surface area contributed by atoms with Gasteiger partial charge in [0.05, 0.1) is 19.3 Å². The van der Waals surface area contributed by atoms with Crippen LogP contribution < -0.4 is 10.5 Å². The fourth-order valence-corrected chi connectivity index (χ4v) is 9.35. The molecule has 3 saturated carbocycles. The number of rotatable bonds is 7. The fourth-order valence-electron chi connectivity index (χ4n) is 9.35. The Labute approximate surface area is 272 Å². The van der Waals surface area contributed by atoms with E-state index in [0.717, 1.165) is 0 Å². The van der Waals surface area contributed by atoms with E-state index in [4.69, 9.17) is 24.7 Å². The molecule has 254 valence electrons. The van der Waals surface area contributed by atoms with Crippen LogP contribution in [-0.4, -0.2) is 77.8 Å². The van der Waals surface area contributed by atoms with Gasteiger partial charge in [-0.05, 0) is 88.6 Å². The predicted molar refractivity (Wildman–Crippen MR) is 164 cm³/mol. The zero-order valence-electron chi connectivity index (χ0n) is 27.2. The van der Waals surface area contributed by atoms with E-state index < -0.39 is 82.5 Å². The number of ether oxygens (including phenoxy) is 5. The molecule has 0 spiro atoms. The molecule has 1 heterocycles.